The summed E-state index contributed by atoms with van der Waals surface area (Å²) in [4.78, 5) is 19.1. The van der Waals surface area contributed by atoms with Gasteiger partial charge in [-0.3, -0.25) is 4.79 Å². The number of likely N-dealkylation sites (tertiary alicyclic amines) is 1. The minimum atomic E-state index is -0.0424. The predicted octanol–water partition coefficient (Wildman–Crippen LogP) is 4.10. The van der Waals surface area contributed by atoms with E-state index in [0.29, 0.717) is 23.0 Å². The molecule has 2 aromatic carbocycles. The monoisotopic (exact) mass is 388 g/mol. The number of nitrogens with zero attached hydrogens (tertiary/aromatic N) is 3. The SMILES string of the molecule is CC(c1cccc(C(=O)c2ccccc2)c1)c1cc(/N=C(\N)N2CCCC2)on1. The summed E-state index contributed by atoms with van der Waals surface area (Å²) in [6, 6.07) is 18.7. The second-order valence-corrected chi connectivity index (χ2v) is 7.30. The number of guanidine groups is 1. The lowest BCUT2D eigenvalue weighted by molar-refractivity contribution is 0.103. The molecular formula is C23H24N4O2. The lowest BCUT2D eigenvalue weighted by atomic mass is 9.94. The molecule has 3 aromatic rings. The Balaban J connectivity index is 1.53. The highest BCUT2D eigenvalue weighted by molar-refractivity contribution is 6.09. The van der Waals surface area contributed by atoms with Gasteiger partial charge in [0.2, 0.25) is 0 Å². The third kappa shape index (κ3) is 4.21. The van der Waals surface area contributed by atoms with Crippen LogP contribution < -0.4 is 5.73 Å². The van der Waals surface area contributed by atoms with Crippen LogP contribution in [-0.2, 0) is 0 Å². The Bertz CT molecular complexity index is 1020. The average molecular weight is 388 g/mol. The predicted molar refractivity (Wildman–Crippen MR) is 112 cm³/mol. The van der Waals surface area contributed by atoms with Crippen molar-refractivity contribution >= 4 is 17.6 Å². The molecular weight excluding hydrogens is 364 g/mol. The highest BCUT2D eigenvalue weighted by atomic mass is 16.5. The quantitative estimate of drug-likeness (QED) is 0.404. The molecule has 148 valence electrons. The number of nitrogens with two attached hydrogens (primary N) is 1. The summed E-state index contributed by atoms with van der Waals surface area (Å²) in [7, 11) is 0. The van der Waals surface area contributed by atoms with Crippen LogP contribution in [0.5, 0.6) is 0 Å². The van der Waals surface area contributed by atoms with Gasteiger partial charge in [-0.2, -0.15) is 4.99 Å². The largest absolute Gasteiger partial charge is 0.369 e. The van der Waals surface area contributed by atoms with E-state index < -0.39 is 0 Å². The zero-order valence-corrected chi connectivity index (χ0v) is 16.4. The maximum Gasteiger partial charge on any atom is 0.253 e. The van der Waals surface area contributed by atoms with Crippen LogP contribution in [0, 0.1) is 0 Å². The lowest BCUT2D eigenvalue weighted by Gasteiger charge is -2.14. The van der Waals surface area contributed by atoms with E-state index in [4.69, 9.17) is 10.3 Å². The third-order valence-electron chi connectivity index (χ3n) is 5.30. The Kier molecular flexibility index (Phi) is 5.42. The average Bonchev–Trinajstić information content (AvgIpc) is 3.46. The molecule has 6 nitrogen and oxygen atoms in total. The van der Waals surface area contributed by atoms with Gasteiger partial charge in [0.25, 0.3) is 5.88 Å². The first kappa shape index (κ1) is 18.9. The van der Waals surface area contributed by atoms with Crippen molar-refractivity contribution in [2.45, 2.75) is 25.7 Å². The van der Waals surface area contributed by atoms with Crippen LogP contribution in [0.15, 0.2) is 70.2 Å². The summed E-state index contributed by atoms with van der Waals surface area (Å²) in [6.07, 6.45) is 2.26. The summed E-state index contributed by atoms with van der Waals surface area (Å²) in [5, 5.41) is 4.16. The van der Waals surface area contributed by atoms with Gasteiger partial charge in [-0.15, -0.1) is 0 Å². The molecule has 0 radical (unpaired) electrons. The van der Waals surface area contributed by atoms with Crippen LogP contribution in [0.2, 0.25) is 0 Å². The smallest absolute Gasteiger partial charge is 0.253 e. The number of carbonyl (C=O) groups is 1. The number of hydrogen-bond acceptors (Lipinski definition) is 4. The van der Waals surface area contributed by atoms with E-state index >= 15 is 0 Å². The molecule has 0 bridgehead atoms. The molecule has 29 heavy (non-hydrogen) atoms. The Morgan fingerprint density at radius 3 is 2.55 bits per heavy atom. The van der Waals surface area contributed by atoms with Gasteiger partial charge in [-0.05, 0) is 24.5 Å². The normalized spacial score (nSPS) is 15.5. The number of aliphatic imine (C=N–C) groups is 1. The minimum Gasteiger partial charge on any atom is -0.369 e. The molecule has 1 atom stereocenters. The number of benzene rings is 2. The van der Waals surface area contributed by atoms with Gasteiger partial charge in [-0.1, -0.05) is 60.6 Å². The van der Waals surface area contributed by atoms with E-state index in [1.165, 1.54) is 0 Å². The molecule has 1 fully saturated rings. The number of carbonyl (C=O) groups excluding carboxylic acids is 1. The third-order valence-corrected chi connectivity index (χ3v) is 5.30. The maximum atomic E-state index is 12.7. The van der Waals surface area contributed by atoms with Crippen LogP contribution >= 0.6 is 0 Å². The Labute approximate surface area is 170 Å². The second-order valence-electron chi connectivity index (χ2n) is 7.30. The first-order chi connectivity index (χ1) is 14.1. The fourth-order valence-corrected chi connectivity index (χ4v) is 3.54. The van der Waals surface area contributed by atoms with Crippen molar-refractivity contribution in [2.24, 2.45) is 10.7 Å². The minimum absolute atomic E-state index is 0.00322. The Morgan fingerprint density at radius 2 is 1.79 bits per heavy atom. The van der Waals surface area contributed by atoms with Crippen LogP contribution in [-0.4, -0.2) is 34.9 Å². The fraction of sp³-hybridized carbons (Fsp3) is 0.261. The number of aromatic nitrogens is 1. The van der Waals surface area contributed by atoms with Crippen LogP contribution in [0.3, 0.4) is 0 Å². The number of rotatable bonds is 5. The van der Waals surface area contributed by atoms with Crippen molar-refractivity contribution in [3.05, 3.63) is 83.0 Å². The molecule has 1 aliphatic rings. The van der Waals surface area contributed by atoms with E-state index in [0.717, 1.165) is 37.2 Å². The molecule has 6 heteroatoms. The summed E-state index contributed by atoms with van der Waals surface area (Å²) >= 11 is 0. The van der Waals surface area contributed by atoms with Gasteiger partial charge in [-0.25, -0.2) is 0 Å². The molecule has 2 heterocycles. The van der Waals surface area contributed by atoms with Crippen molar-refractivity contribution in [1.82, 2.24) is 10.1 Å². The maximum absolute atomic E-state index is 12.7. The van der Waals surface area contributed by atoms with Crippen LogP contribution in [0.25, 0.3) is 0 Å². The molecule has 1 unspecified atom stereocenters. The first-order valence-corrected chi connectivity index (χ1v) is 9.87. The molecule has 1 saturated heterocycles. The highest BCUT2D eigenvalue weighted by Gasteiger charge is 2.18. The standard InChI is InChI=1S/C23H24N4O2/c1-16(20-15-21(29-26-20)25-23(24)27-12-5-6-13-27)18-10-7-11-19(14-18)22(28)17-8-3-2-4-9-17/h2-4,7-11,14-16H,5-6,12-13H2,1H3,(H2,24,25). The van der Waals surface area contributed by atoms with Crippen molar-refractivity contribution in [2.75, 3.05) is 13.1 Å². The molecule has 1 aromatic heterocycles. The molecule has 2 N–H and O–H groups in total. The van der Waals surface area contributed by atoms with Crippen LogP contribution in [0.4, 0.5) is 5.88 Å². The van der Waals surface area contributed by atoms with E-state index in [9.17, 15) is 4.79 Å². The molecule has 4 rings (SSSR count). The number of hydrogen-bond donors (Lipinski definition) is 1. The topological polar surface area (TPSA) is 84.7 Å². The van der Waals surface area contributed by atoms with Gasteiger partial charge < -0.3 is 15.2 Å². The Morgan fingerprint density at radius 1 is 1.07 bits per heavy atom. The highest BCUT2D eigenvalue weighted by Crippen LogP contribution is 2.27. The summed E-state index contributed by atoms with van der Waals surface area (Å²) in [5.41, 5.74) is 9.13. The van der Waals surface area contributed by atoms with Crippen LogP contribution in [0.1, 0.15) is 52.9 Å². The molecule has 0 aliphatic carbocycles. The van der Waals surface area contributed by atoms with E-state index in [-0.39, 0.29) is 11.7 Å². The van der Waals surface area contributed by atoms with Gasteiger partial charge in [0, 0.05) is 36.2 Å². The van der Waals surface area contributed by atoms with Crippen molar-refractivity contribution in [3.8, 4) is 0 Å². The lowest BCUT2D eigenvalue weighted by Crippen LogP contribution is -2.34. The van der Waals surface area contributed by atoms with E-state index in [1.54, 1.807) is 6.07 Å². The van der Waals surface area contributed by atoms with E-state index in [1.807, 2.05) is 66.4 Å². The second kappa shape index (κ2) is 8.31. The van der Waals surface area contributed by atoms with Crippen molar-refractivity contribution in [3.63, 3.8) is 0 Å². The zero-order valence-electron chi connectivity index (χ0n) is 16.4. The number of ketones is 1. The zero-order chi connectivity index (χ0) is 20.2. The van der Waals surface area contributed by atoms with Gasteiger partial charge >= 0.3 is 0 Å². The Hall–Kier alpha value is -3.41. The molecule has 0 saturated carbocycles. The van der Waals surface area contributed by atoms with Crippen molar-refractivity contribution in [1.29, 1.82) is 0 Å². The van der Waals surface area contributed by atoms with Gasteiger partial charge in [0.15, 0.2) is 11.7 Å². The van der Waals surface area contributed by atoms with E-state index in [2.05, 4.69) is 10.1 Å². The molecule has 1 aliphatic heterocycles. The summed E-state index contributed by atoms with van der Waals surface area (Å²) in [6.45, 7) is 3.88. The fourth-order valence-electron chi connectivity index (χ4n) is 3.54. The molecule has 0 spiro atoms. The first-order valence-electron chi connectivity index (χ1n) is 9.87. The van der Waals surface area contributed by atoms with Gasteiger partial charge in [0.05, 0.1) is 5.69 Å². The van der Waals surface area contributed by atoms with Gasteiger partial charge in [0.1, 0.15) is 0 Å². The summed E-state index contributed by atoms with van der Waals surface area (Å²) < 4.78 is 5.37. The van der Waals surface area contributed by atoms with Crippen molar-refractivity contribution < 1.29 is 9.32 Å². The molecule has 0 amide bonds. The summed E-state index contributed by atoms with van der Waals surface area (Å²) in [5.74, 6) is 0.823.